The Morgan fingerprint density at radius 2 is 1.88 bits per heavy atom. The molecule has 10 heteroatoms. The van der Waals surface area contributed by atoms with Crippen LogP contribution in [0.15, 0.2) is 49.1 Å². The molecule has 1 aromatic carbocycles. The molecule has 0 aliphatic carbocycles. The molecule has 34 heavy (non-hydrogen) atoms. The quantitative estimate of drug-likeness (QED) is 0.450. The molecule has 1 aliphatic rings. The number of hydrogen-bond acceptors (Lipinski definition) is 7. The average molecular weight is 463 g/mol. The van der Waals surface area contributed by atoms with Gasteiger partial charge in [0.2, 0.25) is 0 Å². The van der Waals surface area contributed by atoms with Gasteiger partial charge in [0.15, 0.2) is 11.6 Å². The summed E-state index contributed by atoms with van der Waals surface area (Å²) in [6.07, 6.45) is 8.29. The number of aromatic nitrogens is 6. The maximum absolute atomic E-state index is 14.1. The van der Waals surface area contributed by atoms with Gasteiger partial charge in [-0.05, 0) is 64.0 Å². The molecule has 4 aromatic rings. The van der Waals surface area contributed by atoms with Gasteiger partial charge in [0.1, 0.15) is 11.9 Å². The first-order chi connectivity index (χ1) is 16.5. The molecule has 1 unspecified atom stereocenters. The highest BCUT2D eigenvalue weighted by molar-refractivity contribution is 5.68. The van der Waals surface area contributed by atoms with Gasteiger partial charge in [0.25, 0.3) is 0 Å². The smallest absolute Gasteiger partial charge is 0.166 e. The summed E-state index contributed by atoms with van der Waals surface area (Å²) in [6, 6.07) is 6.66. The van der Waals surface area contributed by atoms with Gasteiger partial charge >= 0.3 is 0 Å². The minimum Gasteiger partial charge on any atom is -0.482 e. The molecular formula is C24H27FN8O. The van der Waals surface area contributed by atoms with Crippen LogP contribution in [0.5, 0.6) is 5.75 Å². The zero-order chi connectivity index (χ0) is 23.7. The third kappa shape index (κ3) is 4.24. The topological polar surface area (TPSA) is 109 Å². The van der Waals surface area contributed by atoms with E-state index in [-0.39, 0.29) is 11.6 Å². The van der Waals surface area contributed by atoms with E-state index in [0.29, 0.717) is 23.0 Å². The summed E-state index contributed by atoms with van der Waals surface area (Å²) < 4.78 is 22.4. The summed E-state index contributed by atoms with van der Waals surface area (Å²) in [4.78, 5) is 5.79. The molecule has 4 heterocycles. The van der Waals surface area contributed by atoms with Crippen molar-refractivity contribution >= 4 is 5.82 Å². The molecule has 0 saturated carbocycles. The highest BCUT2D eigenvalue weighted by Gasteiger charge is 2.21. The largest absolute Gasteiger partial charge is 0.482 e. The van der Waals surface area contributed by atoms with Gasteiger partial charge in [0.05, 0.1) is 30.3 Å². The number of ether oxygens (including phenoxy) is 1. The Kier molecular flexibility index (Phi) is 5.97. The van der Waals surface area contributed by atoms with Crippen molar-refractivity contribution in [2.24, 2.45) is 0 Å². The fourth-order valence-corrected chi connectivity index (χ4v) is 4.45. The van der Waals surface area contributed by atoms with Gasteiger partial charge in [-0.2, -0.15) is 20.1 Å². The number of anilines is 1. The lowest BCUT2D eigenvalue weighted by Crippen LogP contribution is -2.30. The monoisotopic (exact) mass is 462 g/mol. The summed E-state index contributed by atoms with van der Waals surface area (Å²) in [5.74, 6) is 0.305. The van der Waals surface area contributed by atoms with E-state index in [2.05, 4.69) is 37.2 Å². The van der Waals surface area contributed by atoms with Crippen molar-refractivity contribution in [3.8, 4) is 22.6 Å². The molecule has 176 valence electrons. The third-order valence-electron chi connectivity index (χ3n) is 6.26. The van der Waals surface area contributed by atoms with E-state index in [9.17, 15) is 4.39 Å². The Morgan fingerprint density at radius 1 is 1.12 bits per heavy atom. The minimum absolute atomic E-state index is 0.258. The van der Waals surface area contributed by atoms with E-state index >= 15 is 0 Å². The minimum atomic E-state index is -0.533. The Balaban J connectivity index is 1.44. The zero-order valence-corrected chi connectivity index (χ0v) is 19.1. The molecule has 3 aromatic heterocycles. The van der Waals surface area contributed by atoms with Gasteiger partial charge in [-0.25, -0.2) is 9.37 Å². The second kappa shape index (κ2) is 9.22. The van der Waals surface area contributed by atoms with E-state index in [4.69, 9.17) is 10.5 Å². The summed E-state index contributed by atoms with van der Waals surface area (Å²) >= 11 is 0. The predicted molar refractivity (Wildman–Crippen MR) is 126 cm³/mol. The molecule has 3 N–H and O–H groups in total. The molecule has 1 aliphatic heterocycles. The predicted octanol–water partition coefficient (Wildman–Crippen LogP) is 3.62. The number of nitrogens with two attached hydrogens (primary N) is 1. The van der Waals surface area contributed by atoms with Crippen molar-refractivity contribution < 1.29 is 9.13 Å². The van der Waals surface area contributed by atoms with Crippen molar-refractivity contribution in [1.29, 1.82) is 0 Å². The molecule has 1 atom stereocenters. The number of nitrogens with zero attached hydrogens (tertiary/aromatic N) is 6. The first-order valence-corrected chi connectivity index (χ1v) is 11.3. The lowest BCUT2D eigenvalue weighted by atomic mass is 10.1. The van der Waals surface area contributed by atoms with Crippen LogP contribution in [-0.4, -0.2) is 42.8 Å². The number of halogens is 1. The van der Waals surface area contributed by atoms with E-state index in [1.165, 1.54) is 16.9 Å². The second-order valence-corrected chi connectivity index (χ2v) is 8.46. The van der Waals surface area contributed by atoms with Gasteiger partial charge in [0, 0.05) is 28.6 Å². The van der Waals surface area contributed by atoms with E-state index < -0.39 is 6.10 Å². The third-order valence-corrected chi connectivity index (χ3v) is 6.26. The summed E-state index contributed by atoms with van der Waals surface area (Å²) in [6.45, 7) is 5.89. The Bertz CT molecular complexity index is 1280. The Hall–Kier alpha value is -3.79. The van der Waals surface area contributed by atoms with Crippen LogP contribution < -0.4 is 15.8 Å². The van der Waals surface area contributed by atoms with Gasteiger partial charge < -0.3 is 15.8 Å². The first-order valence-electron chi connectivity index (χ1n) is 11.3. The van der Waals surface area contributed by atoms with Crippen LogP contribution in [0.25, 0.3) is 16.8 Å². The van der Waals surface area contributed by atoms with Crippen LogP contribution in [0.1, 0.15) is 43.2 Å². The van der Waals surface area contributed by atoms with E-state index in [1.54, 1.807) is 24.7 Å². The number of nitrogens with one attached hydrogen (secondary N) is 1. The number of rotatable bonds is 6. The fraction of sp³-hybridized carbons (Fsp3) is 0.333. The molecule has 9 nitrogen and oxygen atoms in total. The van der Waals surface area contributed by atoms with Gasteiger partial charge in [-0.3, -0.25) is 4.68 Å². The molecule has 0 radical (unpaired) electrons. The molecule has 5 rings (SSSR count). The lowest BCUT2D eigenvalue weighted by molar-refractivity contribution is 0.226. The Labute approximate surface area is 196 Å². The Morgan fingerprint density at radius 3 is 2.65 bits per heavy atom. The summed E-state index contributed by atoms with van der Waals surface area (Å²) in [5, 5.41) is 16.4. The SMILES string of the molecule is Cc1c(-c2cnc(N)c(OC(C)c3cc(F)ccc3-n3nccn3)c2)cnn1C1CCNCC1. The van der Waals surface area contributed by atoms with Crippen LogP contribution in [-0.2, 0) is 0 Å². The van der Waals surface area contributed by atoms with Crippen LogP contribution >= 0.6 is 0 Å². The first kappa shape index (κ1) is 22.0. The normalized spacial score (nSPS) is 15.4. The molecule has 1 fully saturated rings. The summed E-state index contributed by atoms with van der Waals surface area (Å²) in [5.41, 5.74) is 10.3. The van der Waals surface area contributed by atoms with Crippen molar-refractivity contribution in [3.05, 3.63) is 66.1 Å². The van der Waals surface area contributed by atoms with Crippen LogP contribution in [0.2, 0.25) is 0 Å². The second-order valence-electron chi connectivity index (χ2n) is 8.46. The molecule has 0 spiro atoms. The lowest BCUT2D eigenvalue weighted by Gasteiger charge is -2.24. The van der Waals surface area contributed by atoms with Crippen molar-refractivity contribution in [2.45, 2.75) is 38.8 Å². The number of nitrogen functional groups attached to an aromatic ring is 1. The average Bonchev–Trinajstić information content (AvgIpc) is 3.51. The maximum atomic E-state index is 14.1. The van der Waals surface area contributed by atoms with Crippen LogP contribution in [0.4, 0.5) is 10.2 Å². The number of pyridine rings is 1. The maximum Gasteiger partial charge on any atom is 0.166 e. The zero-order valence-electron chi connectivity index (χ0n) is 19.1. The molecule has 0 amide bonds. The van der Waals surface area contributed by atoms with E-state index in [0.717, 1.165) is 42.8 Å². The number of benzene rings is 1. The highest BCUT2D eigenvalue weighted by atomic mass is 19.1. The number of piperidine rings is 1. The standard InChI is InChI=1S/C24H27FN8O/c1-15-21(14-31-32(15)19-5-7-27-8-6-19)17-11-23(24(26)28-13-17)34-16(2)20-12-18(25)3-4-22(20)33-29-9-10-30-33/h3-4,9-14,16,19,27H,5-8H2,1-2H3,(H2,26,28). The van der Waals surface area contributed by atoms with Crippen LogP contribution in [0.3, 0.4) is 0 Å². The molecule has 0 bridgehead atoms. The molecular weight excluding hydrogens is 435 g/mol. The van der Waals surface area contributed by atoms with Gasteiger partial charge in [-0.1, -0.05) is 0 Å². The summed E-state index contributed by atoms with van der Waals surface area (Å²) in [7, 11) is 0. The van der Waals surface area contributed by atoms with Crippen molar-refractivity contribution in [2.75, 3.05) is 18.8 Å². The fourth-order valence-electron chi connectivity index (χ4n) is 4.45. The van der Waals surface area contributed by atoms with Crippen molar-refractivity contribution in [3.63, 3.8) is 0 Å². The number of hydrogen-bond donors (Lipinski definition) is 2. The molecule has 1 saturated heterocycles. The van der Waals surface area contributed by atoms with Crippen molar-refractivity contribution in [1.82, 2.24) is 35.1 Å². The highest BCUT2D eigenvalue weighted by Crippen LogP contribution is 2.34. The van der Waals surface area contributed by atoms with E-state index in [1.807, 2.05) is 19.2 Å². The van der Waals surface area contributed by atoms with Crippen LogP contribution in [0, 0.1) is 12.7 Å². The van der Waals surface area contributed by atoms with Gasteiger partial charge in [-0.15, -0.1) is 0 Å².